The second kappa shape index (κ2) is 6.29. The molecule has 1 aliphatic heterocycles. The van der Waals surface area contributed by atoms with Crippen molar-refractivity contribution in [2.24, 2.45) is 0 Å². The van der Waals surface area contributed by atoms with Crippen molar-refractivity contribution in [1.82, 2.24) is 9.55 Å². The Hall–Kier alpha value is -3.15. The van der Waals surface area contributed by atoms with Gasteiger partial charge in [0.2, 0.25) is 5.95 Å². The van der Waals surface area contributed by atoms with Crippen LogP contribution in [0.4, 0.5) is 10.3 Å². The van der Waals surface area contributed by atoms with E-state index in [1.165, 1.54) is 6.07 Å². The van der Waals surface area contributed by atoms with Crippen molar-refractivity contribution in [3.63, 3.8) is 0 Å². The zero-order chi connectivity index (χ0) is 18.3. The molecule has 0 spiro atoms. The van der Waals surface area contributed by atoms with Crippen molar-refractivity contribution in [1.29, 1.82) is 0 Å². The van der Waals surface area contributed by atoms with E-state index in [-0.39, 0.29) is 12.4 Å². The molecule has 1 aliphatic rings. The van der Waals surface area contributed by atoms with E-state index in [1.807, 2.05) is 28.8 Å². The Morgan fingerprint density at radius 3 is 2.73 bits per heavy atom. The lowest BCUT2D eigenvalue weighted by Crippen LogP contribution is -2.29. The topological polar surface area (TPSA) is 56.1 Å². The SMILES string of the molecule is CCOC(=O)C1=C(C)Nc2nc3ccccc3n2C1c1ccccc1F. The molecule has 2 aromatic carbocycles. The Balaban J connectivity index is 2.01. The van der Waals surface area contributed by atoms with Gasteiger partial charge in [0.15, 0.2) is 0 Å². The van der Waals surface area contributed by atoms with E-state index in [0.29, 0.717) is 22.8 Å². The number of para-hydroxylation sites is 2. The largest absolute Gasteiger partial charge is 0.463 e. The number of carbonyl (C=O) groups excluding carboxylic acids is 1. The molecule has 0 amide bonds. The molecule has 6 heteroatoms. The van der Waals surface area contributed by atoms with Crippen LogP contribution in [0.1, 0.15) is 25.5 Å². The molecule has 1 unspecified atom stereocenters. The van der Waals surface area contributed by atoms with Crippen molar-refractivity contribution in [3.8, 4) is 0 Å². The maximum absolute atomic E-state index is 14.7. The molecule has 1 atom stereocenters. The number of fused-ring (bicyclic) bond motifs is 3. The highest BCUT2D eigenvalue weighted by atomic mass is 19.1. The summed E-state index contributed by atoms with van der Waals surface area (Å²) >= 11 is 0. The number of ether oxygens (including phenoxy) is 1. The number of benzene rings is 2. The van der Waals surface area contributed by atoms with E-state index in [4.69, 9.17) is 4.74 Å². The number of anilines is 1. The van der Waals surface area contributed by atoms with Crippen molar-refractivity contribution in [2.45, 2.75) is 19.9 Å². The average Bonchev–Trinajstić information content (AvgIpc) is 2.99. The summed E-state index contributed by atoms with van der Waals surface area (Å²) in [5.74, 6) is -0.267. The molecule has 0 aliphatic carbocycles. The van der Waals surface area contributed by atoms with Gasteiger partial charge in [-0.2, -0.15) is 0 Å². The number of halogens is 1. The monoisotopic (exact) mass is 351 g/mol. The number of nitrogens with one attached hydrogen (secondary N) is 1. The van der Waals surface area contributed by atoms with Crippen LogP contribution >= 0.6 is 0 Å². The van der Waals surface area contributed by atoms with Gasteiger partial charge in [0, 0.05) is 11.3 Å². The molecule has 132 valence electrons. The van der Waals surface area contributed by atoms with Gasteiger partial charge >= 0.3 is 5.97 Å². The quantitative estimate of drug-likeness (QED) is 0.724. The van der Waals surface area contributed by atoms with Crippen LogP contribution in [0.3, 0.4) is 0 Å². The second-order valence-corrected chi connectivity index (χ2v) is 6.10. The van der Waals surface area contributed by atoms with Gasteiger partial charge in [0.1, 0.15) is 5.82 Å². The molecular weight excluding hydrogens is 333 g/mol. The van der Waals surface area contributed by atoms with Gasteiger partial charge in [-0.25, -0.2) is 14.2 Å². The Kier molecular flexibility index (Phi) is 3.95. The average molecular weight is 351 g/mol. The van der Waals surface area contributed by atoms with E-state index < -0.39 is 12.0 Å². The van der Waals surface area contributed by atoms with Crippen molar-refractivity contribution in [2.75, 3.05) is 11.9 Å². The molecule has 2 heterocycles. The first-order valence-electron chi connectivity index (χ1n) is 8.48. The van der Waals surface area contributed by atoms with E-state index in [1.54, 1.807) is 32.0 Å². The highest BCUT2D eigenvalue weighted by molar-refractivity contribution is 5.94. The number of allylic oxidation sites excluding steroid dienone is 1. The molecule has 0 bridgehead atoms. The van der Waals surface area contributed by atoms with Gasteiger partial charge < -0.3 is 10.1 Å². The van der Waals surface area contributed by atoms with E-state index >= 15 is 0 Å². The summed E-state index contributed by atoms with van der Waals surface area (Å²) in [6.45, 7) is 3.78. The lowest BCUT2D eigenvalue weighted by atomic mass is 9.94. The van der Waals surface area contributed by atoms with Crippen LogP contribution in [0.5, 0.6) is 0 Å². The highest BCUT2D eigenvalue weighted by Crippen LogP contribution is 2.40. The predicted molar refractivity (Wildman–Crippen MR) is 97.2 cm³/mol. The number of imidazole rings is 1. The van der Waals surface area contributed by atoms with Crippen LogP contribution in [-0.4, -0.2) is 22.1 Å². The Labute approximate surface area is 150 Å². The zero-order valence-electron chi connectivity index (χ0n) is 14.5. The number of hydrogen-bond donors (Lipinski definition) is 1. The third kappa shape index (κ3) is 2.45. The maximum Gasteiger partial charge on any atom is 0.338 e. The first-order valence-corrected chi connectivity index (χ1v) is 8.48. The predicted octanol–water partition coefficient (Wildman–Crippen LogP) is 4.03. The standard InChI is InChI=1S/C20H18FN3O2/c1-3-26-19(25)17-12(2)22-20-23-15-10-6-7-11-16(15)24(20)18(17)13-8-4-5-9-14(13)21/h4-11,18H,3H2,1-2H3,(H,22,23). The fourth-order valence-electron chi connectivity index (χ4n) is 3.43. The summed E-state index contributed by atoms with van der Waals surface area (Å²) in [6, 6.07) is 13.4. The van der Waals surface area contributed by atoms with E-state index in [9.17, 15) is 9.18 Å². The van der Waals surface area contributed by atoms with Crippen molar-refractivity contribution >= 4 is 23.0 Å². The molecule has 26 heavy (non-hydrogen) atoms. The highest BCUT2D eigenvalue weighted by Gasteiger charge is 2.36. The van der Waals surface area contributed by atoms with E-state index in [0.717, 1.165) is 11.0 Å². The number of aromatic nitrogens is 2. The van der Waals surface area contributed by atoms with Crippen LogP contribution in [-0.2, 0) is 9.53 Å². The van der Waals surface area contributed by atoms with Crippen LogP contribution in [0.2, 0.25) is 0 Å². The molecule has 0 radical (unpaired) electrons. The molecule has 3 aromatic rings. The second-order valence-electron chi connectivity index (χ2n) is 6.10. The zero-order valence-corrected chi connectivity index (χ0v) is 14.5. The Bertz CT molecular complexity index is 1040. The van der Waals surface area contributed by atoms with E-state index in [2.05, 4.69) is 10.3 Å². The number of rotatable bonds is 3. The molecule has 4 rings (SSSR count). The molecule has 5 nitrogen and oxygen atoms in total. The van der Waals surface area contributed by atoms with Crippen LogP contribution < -0.4 is 5.32 Å². The van der Waals surface area contributed by atoms with Gasteiger partial charge in [-0.15, -0.1) is 0 Å². The van der Waals surface area contributed by atoms with Crippen LogP contribution in [0.15, 0.2) is 59.8 Å². The normalized spacial score (nSPS) is 16.3. The van der Waals surface area contributed by atoms with Crippen LogP contribution in [0, 0.1) is 5.82 Å². The lowest BCUT2D eigenvalue weighted by Gasteiger charge is -2.30. The Morgan fingerprint density at radius 1 is 1.23 bits per heavy atom. The molecule has 0 fully saturated rings. The van der Waals surface area contributed by atoms with Gasteiger partial charge in [-0.05, 0) is 32.0 Å². The summed E-state index contributed by atoms with van der Waals surface area (Å²) in [5.41, 5.74) is 2.99. The fourth-order valence-corrected chi connectivity index (χ4v) is 3.43. The first-order chi connectivity index (χ1) is 12.6. The summed E-state index contributed by atoms with van der Waals surface area (Å²) < 4.78 is 21.8. The van der Waals surface area contributed by atoms with Gasteiger partial charge in [0.25, 0.3) is 0 Å². The number of esters is 1. The minimum absolute atomic E-state index is 0.247. The van der Waals surface area contributed by atoms with Crippen molar-refractivity contribution in [3.05, 3.63) is 71.2 Å². The molecule has 1 aromatic heterocycles. The summed E-state index contributed by atoms with van der Waals surface area (Å²) in [6.07, 6.45) is 0. The molecule has 1 N–H and O–H groups in total. The van der Waals surface area contributed by atoms with Gasteiger partial charge in [0.05, 0.1) is 29.3 Å². The third-order valence-electron chi connectivity index (χ3n) is 4.53. The van der Waals surface area contributed by atoms with Crippen LogP contribution in [0.25, 0.3) is 11.0 Å². The third-order valence-corrected chi connectivity index (χ3v) is 4.53. The molecule has 0 saturated carbocycles. The Morgan fingerprint density at radius 2 is 1.96 bits per heavy atom. The minimum atomic E-state index is -0.654. The maximum atomic E-state index is 14.7. The van der Waals surface area contributed by atoms with Crippen molar-refractivity contribution < 1.29 is 13.9 Å². The summed E-state index contributed by atoms with van der Waals surface area (Å²) in [4.78, 5) is 17.3. The van der Waals surface area contributed by atoms with Gasteiger partial charge in [-0.1, -0.05) is 30.3 Å². The fraction of sp³-hybridized carbons (Fsp3) is 0.200. The summed E-state index contributed by atoms with van der Waals surface area (Å²) in [7, 11) is 0. The first kappa shape index (κ1) is 16.3. The number of hydrogen-bond acceptors (Lipinski definition) is 4. The number of nitrogens with zero attached hydrogens (tertiary/aromatic N) is 2. The smallest absolute Gasteiger partial charge is 0.338 e. The number of carbonyl (C=O) groups is 1. The summed E-state index contributed by atoms with van der Waals surface area (Å²) in [5, 5.41) is 3.17. The molecular formula is C20H18FN3O2. The lowest BCUT2D eigenvalue weighted by molar-refractivity contribution is -0.139. The molecule has 0 saturated heterocycles. The van der Waals surface area contributed by atoms with Gasteiger partial charge in [-0.3, -0.25) is 4.57 Å². The minimum Gasteiger partial charge on any atom is -0.463 e.